The first kappa shape index (κ1) is 18.9. The Morgan fingerprint density at radius 2 is 2.00 bits per heavy atom. The van der Waals surface area contributed by atoms with E-state index in [1.807, 2.05) is 49.4 Å². The van der Waals surface area contributed by atoms with Gasteiger partial charge in [0.2, 0.25) is 0 Å². The summed E-state index contributed by atoms with van der Waals surface area (Å²) in [4.78, 5) is 15.0. The second-order valence-electron chi connectivity index (χ2n) is 5.30. The number of thiocarbonyl (C=S) groups is 1. The van der Waals surface area contributed by atoms with Gasteiger partial charge in [-0.2, -0.15) is 0 Å². The highest BCUT2D eigenvalue weighted by Gasteiger charge is 2.35. The first-order chi connectivity index (χ1) is 12.5. The van der Waals surface area contributed by atoms with Gasteiger partial charge in [-0.05, 0) is 43.3 Å². The van der Waals surface area contributed by atoms with Gasteiger partial charge in [0.25, 0.3) is 5.91 Å². The first-order valence-corrected chi connectivity index (χ1v) is 9.90. The third-order valence-electron chi connectivity index (χ3n) is 3.68. The van der Waals surface area contributed by atoms with Gasteiger partial charge in [0, 0.05) is 10.0 Å². The molecule has 3 rings (SSSR count). The molecule has 4 nitrogen and oxygen atoms in total. The number of para-hydroxylation sites is 2. The third kappa shape index (κ3) is 3.79. The number of rotatable bonds is 5. The van der Waals surface area contributed by atoms with Crippen molar-refractivity contribution in [3.8, 4) is 11.5 Å². The minimum atomic E-state index is -0.174. The Balaban J connectivity index is 1.99. The monoisotopic (exact) mass is 449 g/mol. The van der Waals surface area contributed by atoms with Crippen LogP contribution in [0.1, 0.15) is 12.5 Å². The van der Waals surface area contributed by atoms with Crippen LogP contribution >= 0.6 is 39.9 Å². The second kappa shape index (κ2) is 8.24. The van der Waals surface area contributed by atoms with Crippen LogP contribution in [0.3, 0.4) is 0 Å². The Morgan fingerprint density at radius 3 is 2.73 bits per heavy atom. The Bertz CT molecular complexity index is 898. The van der Waals surface area contributed by atoms with Gasteiger partial charge < -0.3 is 9.47 Å². The van der Waals surface area contributed by atoms with E-state index < -0.39 is 0 Å². The number of benzene rings is 2. The Kier molecular flexibility index (Phi) is 6.01. The Labute approximate surface area is 170 Å². The third-order valence-corrected chi connectivity index (χ3v) is 5.47. The van der Waals surface area contributed by atoms with E-state index >= 15 is 0 Å². The predicted octanol–water partition coefficient (Wildman–Crippen LogP) is 5.26. The van der Waals surface area contributed by atoms with Crippen LogP contribution in [0, 0.1) is 0 Å². The van der Waals surface area contributed by atoms with Crippen LogP contribution in [0.5, 0.6) is 11.5 Å². The van der Waals surface area contributed by atoms with Crippen molar-refractivity contribution in [2.45, 2.75) is 6.92 Å². The summed E-state index contributed by atoms with van der Waals surface area (Å²) < 4.78 is 12.4. The number of anilines is 1. The minimum Gasteiger partial charge on any atom is -0.495 e. The number of nitrogens with zero attached hydrogens (tertiary/aromatic N) is 1. The molecule has 0 aromatic heterocycles. The molecule has 1 heterocycles. The molecular formula is C19H16BrNO3S2. The summed E-state index contributed by atoms with van der Waals surface area (Å²) in [6.45, 7) is 2.47. The number of halogens is 1. The molecule has 0 bridgehead atoms. The molecule has 1 fully saturated rings. The van der Waals surface area contributed by atoms with E-state index in [1.165, 1.54) is 16.7 Å². The molecule has 0 unspecified atom stereocenters. The lowest BCUT2D eigenvalue weighted by molar-refractivity contribution is -0.113. The fourth-order valence-electron chi connectivity index (χ4n) is 2.55. The summed E-state index contributed by atoms with van der Waals surface area (Å²) in [5.74, 6) is 1.15. The van der Waals surface area contributed by atoms with Gasteiger partial charge in [0.1, 0.15) is 11.5 Å². The fourth-order valence-corrected chi connectivity index (χ4v) is 4.20. The van der Waals surface area contributed by atoms with Gasteiger partial charge in [-0.1, -0.05) is 52.0 Å². The van der Waals surface area contributed by atoms with Crippen molar-refractivity contribution in [3.05, 3.63) is 57.4 Å². The molecule has 0 spiro atoms. The molecule has 0 N–H and O–H groups in total. The summed E-state index contributed by atoms with van der Waals surface area (Å²) in [5, 5.41) is 0. The molecule has 1 saturated heterocycles. The highest BCUT2D eigenvalue weighted by Crippen LogP contribution is 2.40. The standard InChI is InChI=1S/C19H16BrNO3S2/c1-3-24-15-9-8-13(20)10-12(15)11-17-18(22)21(19(25)26-17)14-6-4-5-7-16(14)23-2/h4-11H,3H2,1-2H3. The zero-order valence-corrected chi connectivity index (χ0v) is 17.4. The molecular weight excluding hydrogens is 434 g/mol. The lowest BCUT2D eigenvalue weighted by Gasteiger charge is -2.17. The van der Waals surface area contributed by atoms with E-state index in [2.05, 4.69) is 15.9 Å². The predicted molar refractivity (Wildman–Crippen MR) is 114 cm³/mol. The lowest BCUT2D eigenvalue weighted by atomic mass is 10.2. The van der Waals surface area contributed by atoms with E-state index in [-0.39, 0.29) is 5.91 Å². The highest BCUT2D eigenvalue weighted by molar-refractivity contribution is 9.10. The highest BCUT2D eigenvalue weighted by atomic mass is 79.9. The summed E-state index contributed by atoms with van der Waals surface area (Å²) in [6, 6.07) is 13.0. The van der Waals surface area contributed by atoms with Crippen molar-refractivity contribution in [2.24, 2.45) is 0 Å². The van der Waals surface area contributed by atoms with Gasteiger partial charge >= 0.3 is 0 Å². The van der Waals surface area contributed by atoms with Gasteiger partial charge in [0.05, 0.1) is 24.3 Å². The van der Waals surface area contributed by atoms with Crippen molar-refractivity contribution in [1.82, 2.24) is 0 Å². The maximum atomic E-state index is 13.0. The SMILES string of the molecule is CCOc1ccc(Br)cc1C=C1SC(=S)N(c2ccccc2OC)C1=O. The topological polar surface area (TPSA) is 38.8 Å². The largest absolute Gasteiger partial charge is 0.495 e. The molecule has 134 valence electrons. The number of hydrogen-bond donors (Lipinski definition) is 0. The van der Waals surface area contributed by atoms with Crippen molar-refractivity contribution in [1.29, 1.82) is 0 Å². The maximum absolute atomic E-state index is 13.0. The van der Waals surface area contributed by atoms with E-state index in [4.69, 9.17) is 21.7 Å². The summed E-state index contributed by atoms with van der Waals surface area (Å²) in [6.07, 6.45) is 1.81. The summed E-state index contributed by atoms with van der Waals surface area (Å²) in [7, 11) is 1.57. The van der Waals surface area contributed by atoms with Gasteiger partial charge in [-0.25, -0.2) is 0 Å². The normalized spacial score (nSPS) is 15.7. The van der Waals surface area contributed by atoms with Crippen molar-refractivity contribution >= 4 is 61.9 Å². The van der Waals surface area contributed by atoms with Crippen LogP contribution in [0.15, 0.2) is 51.8 Å². The molecule has 2 aromatic rings. The van der Waals surface area contributed by atoms with Crippen LogP contribution in [0.25, 0.3) is 6.08 Å². The second-order valence-corrected chi connectivity index (χ2v) is 7.90. The smallest absolute Gasteiger partial charge is 0.270 e. The van der Waals surface area contributed by atoms with Crippen LogP contribution in [-0.4, -0.2) is 23.9 Å². The van der Waals surface area contributed by atoms with Crippen LogP contribution in [-0.2, 0) is 4.79 Å². The molecule has 0 saturated carbocycles. The molecule has 0 radical (unpaired) electrons. The van der Waals surface area contributed by atoms with E-state index in [9.17, 15) is 4.79 Å². The molecule has 7 heteroatoms. The molecule has 2 aromatic carbocycles. The molecule has 1 aliphatic heterocycles. The number of hydrogen-bond acceptors (Lipinski definition) is 5. The van der Waals surface area contributed by atoms with Crippen molar-refractivity contribution in [3.63, 3.8) is 0 Å². The first-order valence-electron chi connectivity index (χ1n) is 7.88. The number of ether oxygens (including phenoxy) is 2. The molecule has 26 heavy (non-hydrogen) atoms. The average molecular weight is 450 g/mol. The van der Waals surface area contributed by atoms with Gasteiger partial charge in [-0.3, -0.25) is 9.69 Å². The Hall–Kier alpha value is -1.83. The molecule has 0 aliphatic carbocycles. The minimum absolute atomic E-state index is 0.174. The van der Waals surface area contributed by atoms with Crippen molar-refractivity contribution < 1.29 is 14.3 Å². The van der Waals surface area contributed by atoms with Crippen LogP contribution < -0.4 is 14.4 Å². The average Bonchev–Trinajstić information content (AvgIpc) is 2.91. The number of carbonyl (C=O) groups is 1. The van der Waals surface area contributed by atoms with Crippen molar-refractivity contribution in [2.75, 3.05) is 18.6 Å². The van der Waals surface area contributed by atoms with E-state index in [0.29, 0.717) is 27.3 Å². The maximum Gasteiger partial charge on any atom is 0.270 e. The van der Waals surface area contributed by atoms with Gasteiger partial charge in [-0.15, -0.1) is 0 Å². The van der Waals surface area contributed by atoms with Crippen LogP contribution in [0.4, 0.5) is 5.69 Å². The summed E-state index contributed by atoms with van der Waals surface area (Å²) >= 11 is 10.2. The number of amides is 1. The Morgan fingerprint density at radius 1 is 1.23 bits per heavy atom. The fraction of sp³-hybridized carbons (Fsp3) is 0.158. The quantitative estimate of drug-likeness (QED) is 0.459. The van der Waals surface area contributed by atoms with E-state index in [1.54, 1.807) is 13.2 Å². The number of carbonyl (C=O) groups excluding carboxylic acids is 1. The van der Waals surface area contributed by atoms with E-state index in [0.717, 1.165) is 15.8 Å². The lowest BCUT2D eigenvalue weighted by Crippen LogP contribution is -2.27. The summed E-state index contributed by atoms with van der Waals surface area (Å²) in [5.41, 5.74) is 1.46. The molecule has 1 aliphatic rings. The number of methoxy groups -OCH3 is 1. The molecule has 0 atom stereocenters. The number of thioether (sulfide) groups is 1. The van der Waals surface area contributed by atoms with Gasteiger partial charge in [0.15, 0.2) is 4.32 Å². The zero-order valence-electron chi connectivity index (χ0n) is 14.2. The molecule has 1 amide bonds. The van der Waals surface area contributed by atoms with Crippen LogP contribution in [0.2, 0.25) is 0 Å². The zero-order chi connectivity index (χ0) is 18.7.